The molecule has 4 rings (SSSR count). The average Bonchev–Trinajstić information content (AvgIpc) is 2.94. The lowest BCUT2D eigenvalue weighted by atomic mass is 10.1. The Bertz CT molecular complexity index is 1100. The number of imide groups is 1. The van der Waals surface area contributed by atoms with Gasteiger partial charge in [-0.05, 0) is 60.2 Å². The van der Waals surface area contributed by atoms with Crippen LogP contribution in [-0.2, 0) is 0 Å². The van der Waals surface area contributed by atoms with Crippen LogP contribution in [0.3, 0.4) is 0 Å². The maximum absolute atomic E-state index is 12.8. The molecule has 0 unspecified atom stereocenters. The number of hydrogen-bond donors (Lipinski definition) is 1. The van der Waals surface area contributed by atoms with E-state index in [1.54, 1.807) is 30.3 Å². The molecule has 1 aliphatic rings. The number of hydrogen-bond acceptors (Lipinski definition) is 6. The SMILES string of the molecule is Nc1ccc(Oc2ccc3c(c2)C(=O)N(c2ccc(C(=O)[O-])cc2)C3=O)cc1. The van der Waals surface area contributed by atoms with Crippen LogP contribution in [0.15, 0.2) is 66.7 Å². The van der Waals surface area contributed by atoms with Crippen molar-refractivity contribution in [3.05, 3.63) is 83.4 Å². The molecule has 2 amide bonds. The standard InChI is InChI=1S/C21H14N2O5/c22-13-3-7-15(8-4-13)28-16-9-10-17-18(11-16)20(25)23(19(17)24)14-5-1-12(2-6-14)21(26)27/h1-11H,22H2,(H,26,27)/p-1. The van der Waals surface area contributed by atoms with Crippen molar-refractivity contribution in [2.75, 3.05) is 10.6 Å². The van der Waals surface area contributed by atoms with E-state index in [1.165, 1.54) is 36.4 Å². The summed E-state index contributed by atoms with van der Waals surface area (Å²) < 4.78 is 5.72. The van der Waals surface area contributed by atoms with Gasteiger partial charge in [0, 0.05) is 5.69 Å². The third-order valence-corrected chi connectivity index (χ3v) is 4.34. The summed E-state index contributed by atoms with van der Waals surface area (Å²) in [5.74, 6) is -1.39. The van der Waals surface area contributed by atoms with Crippen molar-refractivity contribution in [3.8, 4) is 11.5 Å². The zero-order valence-corrected chi connectivity index (χ0v) is 14.4. The van der Waals surface area contributed by atoms with Crippen LogP contribution >= 0.6 is 0 Å². The number of aromatic carboxylic acids is 1. The number of carbonyl (C=O) groups excluding carboxylic acids is 3. The average molecular weight is 373 g/mol. The molecule has 138 valence electrons. The van der Waals surface area contributed by atoms with Crippen molar-refractivity contribution in [2.45, 2.75) is 0 Å². The maximum atomic E-state index is 12.8. The summed E-state index contributed by atoms with van der Waals surface area (Å²) in [7, 11) is 0. The maximum Gasteiger partial charge on any atom is 0.266 e. The molecule has 0 radical (unpaired) electrons. The van der Waals surface area contributed by atoms with Gasteiger partial charge in [0.25, 0.3) is 11.8 Å². The number of carboxylic acids is 1. The molecule has 1 heterocycles. The third kappa shape index (κ3) is 2.95. The van der Waals surface area contributed by atoms with E-state index >= 15 is 0 Å². The van der Waals surface area contributed by atoms with Crippen LogP contribution in [0, 0.1) is 0 Å². The smallest absolute Gasteiger partial charge is 0.266 e. The lowest BCUT2D eigenvalue weighted by Gasteiger charge is -2.14. The topological polar surface area (TPSA) is 113 Å². The van der Waals surface area contributed by atoms with E-state index in [0.29, 0.717) is 17.2 Å². The van der Waals surface area contributed by atoms with Crippen molar-refractivity contribution in [3.63, 3.8) is 0 Å². The van der Waals surface area contributed by atoms with E-state index in [0.717, 1.165) is 4.90 Å². The molecular formula is C21H13N2O5-. The number of fused-ring (bicyclic) bond motifs is 1. The van der Waals surface area contributed by atoms with Crippen molar-refractivity contribution < 1.29 is 24.2 Å². The Morgan fingerprint density at radius 1 is 0.821 bits per heavy atom. The fourth-order valence-electron chi connectivity index (χ4n) is 2.94. The number of nitrogens with zero attached hydrogens (tertiary/aromatic N) is 1. The first-order valence-corrected chi connectivity index (χ1v) is 8.32. The quantitative estimate of drug-likeness (QED) is 0.554. The van der Waals surface area contributed by atoms with Crippen LogP contribution in [0.1, 0.15) is 31.1 Å². The second kappa shape index (κ2) is 6.55. The minimum atomic E-state index is -1.33. The first-order valence-electron chi connectivity index (χ1n) is 8.32. The highest BCUT2D eigenvalue weighted by Crippen LogP contribution is 2.32. The molecule has 7 nitrogen and oxygen atoms in total. The van der Waals surface area contributed by atoms with Gasteiger partial charge in [0.05, 0.1) is 22.8 Å². The van der Waals surface area contributed by atoms with Gasteiger partial charge in [0.1, 0.15) is 11.5 Å². The van der Waals surface area contributed by atoms with Gasteiger partial charge in [-0.2, -0.15) is 0 Å². The number of rotatable bonds is 4. The molecule has 3 aromatic rings. The van der Waals surface area contributed by atoms with Gasteiger partial charge in [-0.3, -0.25) is 9.59 Å². The Balaban J connectivity index is 1.63. The number of amides is 2. The van der Waals surface area contributed by atoms with Gasteiger partial charge in [-0.1, -0.05) is 12.1 Å². The number of ether oxygens (including phenoxy) is 1. The van der Waals surface area contributed by atoms with Gasteiger partial charge in [0.2, 0.25) is 0 Å². The summed E-state index contributed by atoms with van der Waals surface area (Å²) in [5.41, 5.74) is 6.94. The van der Waals surface area contributed by atoms with Gasteiger partial charge in [-0.25, -0.2) is 4.90 Å². The molecular weight excluding hydrogens is 360 g/mol. The van der Waals surface area contributed by atoms with Crippen LogP contribution < -0.4 is 20.5 Å². The molecule has 3 aromatic carbocycles. The first kappa shape index (κ1) is 17.3. The summed E-state index contributed by atoms with van der Waals surface area (Å²) >= 11 is 0. The predicted octanol–water partition coefficient (Wildman–Crippen LogP) is 2.23. The lowest BCUT2D eigenvalue weighted by Crippen LogP contribution is -2.29. The highest BCUT2D eigenvalue weighted by molar-refractivity contribution is 6.34. The van der Waals surface area contributed by atoms with Crippen LogP contribution in [0.25, 0.3) is 0 Å². The van der Waals surface area contributed by atoms with Gasteiger partial charge < -0.3 is 20.4 Å². The molecule has 0 aromatic heterocycles. The van der Waals surface area contributed by atoms with Crippen molar-refractivity contribution in [1.82, 2.24) is 0 Å². The number of carbonyl (C=O) groups is 3. The molecule has 0 bridgehead atoms. The minimum absolute atomic E-state index is 0.0421. The molecule has 7 heteroatoms. The van der Waals surface area contributed by atoms with E-state index in [4.69, 9.17) is 10.5 Å². The van der Waals surface area contributed by atoms with Crippen molar-refractivity contribution in [2.24, 2.45) is 0 Å². The second-order valence-corrected chi connectivity index (χ2v) is 6.16. The van der Waals surface area contributed by atoms with E-state index < -0.39 is 17.8 Å². The Morgan fingerprint density at radius 2 is 1.43 bits per heavy atom. The molecule has 0 atom stereocenters. The third-order valence-electron chi connectivity index (χ3n) is 4.34. The summed E-state index contributed by atoms with van der Waals surface area (Å²) in [6, 6.07) is 16.7. The van der Waals surface area contributed by atoms with E-state index in [2.05, 4.69) is 0 Å². The fraction of sp³-hybridized carbons (Fsp3) is 0. The van der Waals surface area contributed by atoms with Crippen molar-refractivity contribution in [1.29, 1.82) is 0 Å². The largest absolute Gasteiger partial charge is 0.545 e. The molecule has 0 saturated heterocycles. The van der Waals surface area contributed by atoms with E-state index in [9.17, 15) is 19.5 Å². The number of carboxylic acid groups (broad SMARTS) is 1. The number of anilines is 2. The zero-order valence-electron chi connectivity index (χ0n) is 14.4. The van der Waals surface area contributed by atoms with Crippen LogP contribution in [-0.4, -0.2) is 17.8 Å². The molecule has 0 spiro atoms. The van der Waals surface area contributed by atoms with Crippen molar-refractivity contribution >= 4 is 29.2 Å². The summed E-state index contributed by atoms with van der Waals surface area (Å²) in [5, 5.41) is 10.9. The first-order chi connectivity index (χ1) is 13.4. The van der Waals surface area contributed by atoms with E-state index in [1.807, 2.05) is 0 Å². The number of nitrogens with two attached hydrogens (primary N) is 1. The lowest BCUT2D eigenvalue weighted by molar-refractivity contribution is -0.255. The molecule has 1 aliphatic heterocycles. The Hall–Kier alpha value is -4.13. The minimum Gasteiger partial charge on any atom is -0.545 e. The molecule has 2 N–H and O–H groups in total. The van der Waals surface area contributed by atoms with Crippen LogP contribution in [0.2, 0.25) is 0 Å². The van der Waals surface area contributed by atoms with Gasteiger partial charge >= 0.3 is 0 Å². The molecule has 0 saturated carbocycles. The summed E-state index contributed by atoms with van der Waals surface area (Å²) in [6.07, 6.45) is 0. The summed E-state index contributed by atoms with van der Waals surface area (Å²) in [4.78, 5) is 37.3. The zero-order chi connectivity index (χ0) is 19.8. The van der Waals surface area contributed by atoms with Gasteiger partial charge in [0.15, 0.2) is 0 Å². The molecule has 28 heavy (non-hydrogen) atoms. The molecule has 0 fully saturated rings. The predicted molar refractivity (Wildman–Crippen MR) is 99.3 cm³/mol. The highest BCUT2D eigenvalue weighted by Gasteiger charge is 2.37. The number of benzene rings is 3. The monoisotopic (exact) mass is 373 g/mol. The Kier molecular flexibility index (Phi) is 4.04. The van der Waals surface area contributed by atoms with E-state index in [-0.39, 0.29) is 22.4 Å². The summed E-state index contributed by atoms with van der Waals surface area (Å²) in [6.45, 7) is 0. The Morgan fingerprint density at radius 3 is 2.07 bits per heavy atom. The highest BCUT2D eigenvalue weighted by atomic mass is 16.5. The molecule has 0 aliphatic carbocycles. The fourth-order valence-corrected chi connectivity index (χ4v) is 2.94. The van der Waals surface area contributed by atoms with Crippen LogP contribution in [0.4, 0.5) is 11.4 Å². The normalized spacial score (nSPS) is 12.8. The van der Waals surface area contributed by atoms with Crippen LogP contribution in [0.5, 0.6) is 11.5 Å². The second-order valence-electron chi connectivity index (χ2n) is 6.16. The Labute approximate surface area is 159 Å². The van der Waals surface area contributed by atoms with Gasteiger partial charge in [-0.15, -0.1) is 0 Å². The number of nitrogen functional groups attached to an aromatic ring is 1.